The van der Waals surface area contributed by atoms with Crippen LogP contribution in [0.1, 0.15) is 57.8 Å². The van der Waals surface area contributed by atoms with E-state index in [4.69, 9.17) is 0 Å². The third kappa shape index (κ3) is 1.98. The summed E-state index contributed by atoms with van der Waals surface area (Å²) in [6.07, 6.45) is 12.6. The lowest BCUT2D eigenvalue weighted by molar-refractivity contribution is 0.114. The Hall–Kier alpha value is -0.0800. The third-order valence-electron chi connectivity index (χ3n) is 7.17. The van der Waals surface area contributed by atoms with E-state index in [0.29, 0.717) is 6.61 Å². The van der Waals surface area contributed by atoms with E-state index in [2.05, 4.69) is 5.32 Å². The lowest BCUT2D eigenvalue weighted by Crippen LogP contribution is -2.45. The topological polar surface area (TPSA) is 32.3 Å². The maximum absolute atomic E-state index is 9.73. The second kappa shape index (κ2) is 4.73. The molecule has 2 nitrogen and oxygen atoms in total. The van der Waals surface area contributed by atoms with Gasteiger partial charge in [0.2, 0.25) is 0 Å². The number of hydrogen-bond donors (Lipinski definition) is 2. The van der Waals surface area contributed by atoms with Crippen LogP contribution < -0.4 is 5.32 Å². The highest BCUT2D eigenvalue weighted by Gasteiger charge is 2.53. The van der Waals surface area contributed by atoms with Gasteiger partial charge in [0.15, 0.2) is 0 Å². The molecule has 2 heteroatoms. The predicted octanol–water partition coefficient (Wildman–Crippen LogP) is 2.95. The lowest BCUT2D eigenvalue weighted by atomic mass is 9.78. The predicted molar refractivity (Wildman–Crippen MR) is 76.8 cm³/mol. The molecule has 5 unspecified atom stereocenters. The minimum atomic E-state index is 0.233. The van der Waals surface area contributed by atoms with E-state index in [0.717, 1.165) is 36.3 Å². The van der Waals surface area contributed by atoms with Gasteiger partial charge in [0.1, 0.15) is 0 Å². The number of nitrogens with one attached hydrogen (secondary N) is 1. The van der Waals surface area contributed by atoms with E-state index < -0.39 is 0 Å². The number of aliphatic hydroxyl groups excluding tert-OH is 1. The minimum absolute atomic E-state index is 0.233. The zero-order valence-electron chi connectivity index (χ0n) is 12.1. The van der Waals surface area contributed by atoms with Gasteiger partial charge >= 0.3 is 0 Å². The second-order valence-corrected chi connectivity index (χ2v) is 8.01. The Bertz CT molecular complexity index is 336. The van der Waals surface area contributed by atoms with Crippen LogP contribution in [0.5, 0.6) is 0 Å². The van der Waals surface area contributed by atoms with Crippen molar-refractivity contribution in [2.45, 2.75) is 63.8 Å². The first kappa shape index (κ1) is 12.6. The smallest absolute Gasteiger partial charge is 0.0499 e. The summed E-state index contributed by atoms with van der Waals surface area (Å²) in [5, 5.41) is 13.6. The molecule has 2 N–H and O–H groups in total. The fourth-order valence-electron chi connectivity index (χ4n) is 6.17. The van der Waals surface area contributed by atoms with Crippen molar-refractivity contribution in [3.63, 3.8) is 0 Å². The van der Waals surface area contributed by atoms with Crippen molar-refractivity contribution in [2.75, 3.05) is 13.2 Å². The normalized spacial score (nSPS) is 46.9. The molecule has 4 aliphatic carbocycles. The summed E-state index contributed by atoms with van der Waals surface area (Å²) >= 11 is 0. The number of fused-ring (bicyclic) bond motifs is 5. The molecule has 5 atom stereocenters. The van der Waals surface area contributed by atoms with Crippen LogP contribution in [-0.4, -0.2) is 24.3 Å². The van der Waals surface area contributed by atoms with Crippen molar-refractivity contribution >= 4 is 0 Å². The molecule has 0 aliphatic heterocycles. The molecule has 4 saturated carbocycles. The lowest BCUT2D eigenvalue weighted by Gasteiger charge is -2.35. The largest absolute Gasteiger partial charge is 0.396 e. The summed E-state index contributed by atoms with van der Waals surface area (Å²) in [6.45, 7) is 1.47. The maximum Gasteiger partial charge on any atom is 0.0499 e. The van der Waals surface area contributed by atoms with Crippen LogP contribution in [0.4, 0.5) is 0 Å². The van der Waals surface area contributed by atoms with Crippen molar-refractivity contribution in [3.05, 3.63) is 0 Å². The van der Waals surface area contributed by atoms with Gasteiger partial charge < -0.3 is 10.4 Å². The first-order chi connectivity index (χ1) is 9.31. The molecule has 0 spiro atoms. The van der Waals surface area contributed by atoms with Crippen molar-refractivity contribution in [1.82, 2.24) is 5.32 Å². The highest BCUT2D eigenvalue weighted by atomic mass is 16.3. The Morgan fingerprint density at radius 3 is 2.53 bits per heavy atom. The highest BCUT2D eigenvalue weighted by molar-refractivity contribution is 5.06. The molecule has 0 heterocycles. The quantitative estimate of drug-likeness (QED) is 0.817. The standard InChI is InChI=1S/C17H29NO/c19-11-17(6-1-2-7-17)10-18-16-9-12-8-15(16)14-5-3-4-13(12)14/h12-16,18-19H,1-11H2. The van der Waals surface area contributed by atoms with Crippen LogP contribution in [0.25, 0.3) is 0 Å². The van der Waals surface area contributed by atoms with Crippen molar-refractivity contribution in [1.29, 1.82) is 0 Å². The summed E-state index contributed by atoms with van der Waals surface area (Å²) in [4.78, 5) is 0. The molecule has 0 saturated heterocycles. The van der Waals surface area contributed by atoms with E-state index in [1.807, 2.05) is 0 Å². The molecule has 2 bridgehead atoms. The van der Waals surface area contributed by atoms with Crippen molar-refractivity contribution in [3.8, 4) is 0 Å². The van der Waals surface area contributed by atoms with Gasteiger partial charge in [-0.15, -0.1) is 0 Å². The van der Waals surface area contributed by atoms with Gasteiger partial charge in [-0.2, -0.15) is 0 Å². The zero-order valence-corrected chi connectivity index (χ0v) is 12.1. The summed E-state index contributed by atoms with van der Waals surface area (Å²) in [5.74, 6) is 4.18. The molecule has 4 aliphatic rings. The SMILES string of the molecule is OCC1(CNC2CC3CC2C2CCCC32)CCCC1. The van der Waals surface area contributed by atoms with Crippen LogP contribution in [-0.2, 0) is 0 Å². The first-order valence-electron chi connectivity index (χ1n) is 8.66. The van der Waals surface area contributed by atoms with Crippen LogP contribution in [0, 0.1) is 29.1 Å². The molecule has 19 heavy (non-hydrogen) atoms. The Kier molecular flexibility index (Phi) is 3.15. The molecular weight excluding hydrogens is 234 g/mol. The summed E-state index contributed by atoms with van der Waals surface area (Å²) in [7, 11) is 0. The molecule has 4 rings (SSSR count). The Morgan fingerprint density at radius 1 is 0.947 bits per heavy atom. The molecule has 0 aromatic heterocycles. The number of rotatable bonds is 4. The van der Waals surface area contributed by atoms with E-state index >= 15 is 0 Å². The van der Waals surface area contributed by atoms with Gasteiger partial charge in [-0.05, 0) is 62.2 Å². The van der Waals surface area contributed by atoms with Crippen LogP contribution in [0.2, 0.25) is 0 Å². The molecule has 0 aromatic carbocycles. The first-order valence-corrected chi connectivity index (χ1v) is 8.66. The fourth-order valence-corrected chi connectivity index (χ4v) is 6.17. The summed E-state index contributed by atoms with van der Waals surface area (Å²) in [5.41, 5.74) is 0.233. The molecule has 4 fully saturated rings. The van der Waals surface area contributed by atoms with E-state index in [-0.39, 0.29) is 5.41 Å². The van der Waals surface area contributed by atoms with Crippen LogP contribution in [0.3, 0.4) is 0 Å². The van der Waals surface area contributed by atoms with Crippen LogP contribution >= 0.6 is 0 Å². The molecule has 0 radical (unpaired) electrons. The number of aliphatic hydroxyl groups is 1. The van der Waals surface area contributed by atoms with E-state index in [1.165, 1.54) is 57.8 Å². The van der Waals surface area contributed by atoms with Gasteiger partial charge in [0.05, 0.1) is 0 Å². The third-order valence-corrected chi connectivity index (χ3v) is 7.17. The van der Waals surface area contributed by atoms with Gasteiger partial charge in [-0.25, -0.2) is 0 Å². The fraction of sp³-hybridized carbons (Fsp3) is 1.00. The van der Waals surface area contributed by atoms with Gasteiger partial charge in [-0.3, -0.25) is 0 Å². The molecule has 108 valence electrons. The Balaban J connectivity index is 1.37. The Labute approximate surface area is 117 Å². The average molecular weight is 263 g/mol. The van der Waals surface area contributed by atoms with Gasteiger partial charge in [-0.1, -0.05) is 19.3 Å². The molecule has 0 amide bonds. The summed E-state index contributed by atoms with van der Waals surface area (Å²) < 4.78 is 0. The maximum atomic E-state index is 9.73. The molecule has 0 aromatic rings. The van der Waals surface area contributed by atoms with Crippen molar-refractivity contribution in [2.24, 2.45) is 29.1 Å². The average Bonchev–Trinajstić information content (AvgIpc) is 3.17. The number of hydrogen-bond acceptors (Lipinski definition) is 2. The summed E-state index contributed by atoms with van der Waals surface area (Å²) in [6, 6.07) is 0.786. The van der Waals surface area contributed by atoms with Crippen LogP contribution in [0.15, 0.2) is 0 Å². The Morgan fingerprint density at radius 2 is 1.74 bits per heavy atom. The van der Waals surface area contributed by atoms with E-state index in [1.54, 1.807) is 0 Å². The van der Waals surface area contributed by atoms with E-state index in [9.17, 15) is 5.11 Å². The van der Waals surface area contributed by atoms with Crippen molar-refractivity contribution < 1.29 is 5.11 Å². The minimum Gasteiger partial charge on any atom is -0.396 e. The second-order valence-electron chi connectivity index (χ2n) is 8.01. The molecular formula is C17H29NO. The monoisotopic (exact) mass is 263 g/mol. The van der Waals surface area contributed by atoms with Gasteiger partial charge in [0, 0.05) is 24.6 Å². The highest BCUT2D eigenvalue weighted by Crippen LogP contribution is 2.58. The zero-order chi connectivity index (χ0) is 12.9. The van der Waals surface area contributed by atoms with Gasteiger partial charge in [0.25, 0.3) is 0 Å².